The second kappa shape index (κ2) is 6.91. The summed E-state index contributed by atoms with van der Waals surface area (Å²) in [5.74, 6) is 0.917. The van der Waals surface area contributed by atoms with E-state index >= 15 is 0 Å². The van der Waals surface area contributed by atoms with Crippen LogP contribution in [0.4, 0.5) is 0 Å². The number of aromatic amines is 1. The highest BCUT2D eigenvalue weighted by Gasteiger charge is 2.32. The lowest BCUT2D eigenvalue weighted by atomic mass is 10.1. The van der Waals surface area contributed by atoms with Crippen molar-refractivity contribution in [1.29, 1.82) is 0 Å². The molecule has 1 aliphatic rings. The summed E-state index contributed by atoms with van der Waals surface area (Å²) < 4.78 is 2.17. The van der Waals surface area contributed by atoms with Gasteiger partial charge in [-0.2, -0.15) is 0 Å². The summed E-state index contributed by atoms with van der Waals surface area (Å²) >= 11 is 1.47. The number of Topliss-reactive ketones (excluding diaryl/α,β-unsaturated/α-hetero) is 1. The molecule has 4 aromatic rings. The Kier molecular flexibility index (Phi) is 4.24. The molecule has 5 rings (SSSR count). The average Bonchev–Trinajstić information content (AvgIpc) is 3.34. The molecule has 1 aromatic carbocycles. The molecule has 0 spiro atoms. The van der Waals surface area contributed by atoms with Crippen LogP contribution in [0.25, 0.3) is 22.3 Å². The fourth-order valence-electron chi connectivity index (χ4n) is 3.42. The average molecular weight is 389 g/mol. The molecule has 6 nitrogen and oxygen atoms in total. The normalized spacial score (nSPS) is 15.0. The topological polar surface area (TPSA) is 76.5 Å². The molecule has 7 heteroatoms. The number of fused-ring (bicyclic) bond motifs is 1. The van der Waals surface area contributed by atoms with Crippen molar-refractivity contribution in [2.45, 2.75) is 36.2 Å². The predicted molar refractivity (Wildman–Crippen MR) is 109 cm³/mol. The number of carbonyl (C=O) groups excluding carboxylic acids is 1. The van der Waals surface area contributed by atoms with Crippen molar-refractivity contribution in [1.82, 2.24) is 24.7 Å². The number of para-hydroxylation sites is 1. The first kappa shape index (κ1) is 17.2. The van der Waals surface area contributed by atoms with E-state index in [0.717, 1.165) is 45.9 Å². The van der Waals surface area contributed by atoms with Crippen LogP contribution in [0.15, 0.2) is 60.1 Å². The predicted octanol–water partition coefficient (Wildman–Crippen LogP) is 4.52. The Balaban J connectivity index is 1.44. The van der Waals surface area contributed by atoms with Gasteiger partial charge >= 0.3 is 0 Å². The summed E-state index contributed by atoms with van der Waals surface area (Å²) in [6.45, 7) is 1.93. The van der Waals surface area contributed by atoms with E-state index in [-0.39, 0.29) is 11.0 Å². The zero-order valence-corrected chi connectivity index (χ0v) is 16.2. The van der Waals surface area contributed by atoms with Gasteiger partial charge in [0.1, 0.15) is 0 Å². The Bertz CT molecular complexity index is 1150. The quantitative estimate of drug-likeness (QED) is 0.388. The number of carbonyl (C=O) groups is 1. The summed E-state index contributed by atoms with van der Waals surface area (Å²) in [5, 5.41) is 10.3. The van der Waals surface area contributed by atoms with Crippen LogP contribution >= 0.6 is 11.8 Å². The molecule has 0 radical (unpaired) electrons. The molecule has 28 heavy (non-hydrogen) atoms. The number of hydrogen-bond donors (Lipinski definition) is 1. The van der Waals surface area contributed by atoms with Crippen LogP contribution in [0.5, 0.6) is 0 Å². The summed E-state index contributed by atoms with van der Waals surface area (Å²) in [7, 11) is 0. The number of pyridine rings is 1. The van der Waals surface area contributed by atoms with Gasteiger partial charge in [0.05, 0.1) is 5.25 Å². The van der Waals surface area contributed by atoms with Gasteiger partial charge in [0.15, 0.2) is 16.8 Å². The third kappa shape index (κ3) is 3.01. The molecule has 1 fully saturated rings. The van der Waals surface area contributed by atoms with Gasteiger partial charge in [0, 0.05) is 46.7 Å². The highest BCUT2D eigenvalue weighted by molar-refractivity contribution is 8.00. The Morgan fingerprint density at radius 3 is 2.86 bits per heavy atom. The van der Waals surface area contributed by atoms with Crippen molar-refractivity contribution in [2.75, 3.05) is 0 Å². The minimum absolute atomic E-state index is 0.0933. The number of rotatable bonds is 6. The van der Waals surface area contributed by atoms with E-state index in [9.17, 15) is 4.79 Å². The van der Waals surface area contributed by atoms with Crippen LogP contribution in [0.2, 0.25) is 0 Å². The molecule has 140 valence electrons. The molecule has 1 N–H and O–H groups in total. The molecule has 1 atom stereocenters. The van der Waals surface area contributed by atoms with Crippen LogP contribution in [0.3, 0.4) is 0 Å². The fourth-order valence-corrected chi connectivity index (χ4v) is 4.40. The van der Waals surface area contributed by atoms with Gasteiger partial charge < -0.3 is 4.98 Å². The van der Waals surface area contributed by atoms with Gasteiger partial charge in [0.25, 0.3) is 0 Å². The van der Waals surface area contributed by atoms with Crippen molar-refractivity contribution < 1.29 is 4.79 Å². The van der Waals surface area contributed by atoms with Crippen molar-refractivity contribution in [3.8, 4) is 11.4 Å². The number of ketones is 1. The number of thioether (sulfide) groups is 1. The van der Waals surface area contributed by atoms with E-state index in [0.29, 0.717) is 6.04 Å². The Morgan fingerprint density at radius 2 is 2.07 bits per heavy atom. The first-order chi connectivity index (χ1) is 13.7. The summed E-state index contributed by atoms with van der Waals surface area (Å²) in [5.41, 5.74) is 2.65. The van der Waals surface area contributed by atoms with E-state index in [2.05, 4.69) is 24.7 Å². The summed E-state index contributed by atoms with van der Waals surface area (Å²) in [4.78, 5) is 20.5. The molecule has 3 aromatic heterocycles. The Morgan fingerprint density at radius 1 is 1.21 bits per heavy atom. The number of H-pyrrole nitrogens is 1. The molecular formula is C21H19N5OS. The lowest BCUT2D eigenvalue weighted by molar-refractivity contribution is 0.0995. The van der Waals surface area contributed by atoms with Crippen LogP contribution in [0.1, 0.15) is 36.2 Å². The van der Waals surface area contributed by atoms with E-state index in [4.69, 9.17) is 0 Å². The second-order valence-electron chi connectivity index (χ2n) is 7.02. The van der Waals surface area contributed by atoms with Gasteiger partial charge in [-0.3, -0.25) is 14.3 Å². The maximum absolute atomic E-state index is 13.1. The SMILES string of the molecule is C[C@@H](Sc1nnc(-c2cccnc2)n1C1CC1)C(=O)c1c[nH]c2ccccc12. The Labute approximate surface area is 166 Å². The van der Waals surface area contributed by atoms with Crippen molar-refractivity contribution in [3.63, 3.8) is 0 Å². The zero-order chi connectivity index (χ0) is 19.1. The Hall–Kier alpha value is -2.93. The molecule has 0 aliphatic heterocycles. The number of aromatic nitrogens is 5. The zero-order valence-electron chi connectivity index (χ0n) is 15.4. The van der Waals surface area contributed by atoms with E-state index in [1.165, 1.54) is 11.8 Å². The molecular weight excluding hydrogens is 370 g/mol. The number of nitrogens with one attached hydrogen (secondary N) is 1. The first-order valence-electron chi connectivity index (χ1n) is 9.34. The van der Waals surface area contributed by atoms with Gasteiger partial charge in [-0.05, 0) is 38.0 Å². The molecule has 3 heterocycles. The van der Waals surface area contributed by atoms with Crippen molar-refractivity contribution in [2.24, 2.45) is 0 Å². The van der Waals surface area contributed by atoms with Gasteiger partial charge in [-0.15, -0.1) is 10.2 Å². The van der Waals surface area contributed by atoms with Crippen LogP contribution in [0, 0.1) is 0 Å². The van der Waals surface area contributed by atoms with E-state index in [1.54, 1.807) is 18.6 Å². The van der Waals surface area contributed by atoms with Crippen LogP contribution < -0.4 is 0 Å². The van der Waals surface area contributed by atoms with Gasteiger partial charge in [0.2, 0.25) is 0 Å². The first-order valence-corrected chi connectivity index (χ1v) is 10.2. The molecule has 1 aliphatic carbocycles. The minimum Gasteiger partial charge on any atom is -0.360 e. The standard InChI is InChI=1S/C21H19N5OS/c1-13(19(27)17-12-23-18-7-3-2-6-16(17)18)28-21-25-24-20(26(21)15-8-9-15)14-5-4-10-22-11-14/h2-7,10-13,15,23H,8-9H2,1H3/t13-/m1/s1. The lowest BCUT2D eigenvalue weighted by Gasteiger charge is -2.12. The van der Waals surface area contributed by atoms with Gasteiger partial charge in [-0.1, -0.05) is 30.0 Å². The molecule has 0 amide bonds. The third-order valence-electron chi connectivity index (χ3n) is 5.00. The third-order valence-corrected chi connectivity index (χ3v) is 6.06. The monoisotopic (exact) mass is 389 g/mol. The fraction of sp³-hybridized carbons (Fsp3) is 0.238. The number of hydrogen-bond acceptors (Lipinski definition) is 5. The van der Waals surface area contributed by atoms with Gasteiger partial charge in [-0.25, -0.2) is 0 Å². The minimum atomic E-state index is -0.261. The van der Waals surface area contributed by atoms with Crippen molar-refractivity contribution in [3.05, 3.63) is 60.6 Å². The lowest BCUT2D eigenvalue weighted by Crippen LogP contribution is -2.14. The molecule has 0 unspecified atom stereocenters. The van der Waals surface area contributed by atoms with E-state index in [1.807, 2.05) is 43.3 Å². The van der Waals surface area contributed by atoms with Crippen molar-refractivity contribution >= 4 is 28.4 Å². The van der Waals surface area contributed by atoms with E-state index < -0.39 is 0 Å². The number of nitrogens with zero attached hydrogens (tertiary/aromatic N) is 4. The largest absolute Gasteiger partial charge is 0.360 e. The summed E-state index contributed by atoms with van der Waals surface area (Å²) in [6.07, 6.45) is 7.58. The maximum Gasteiger partial charge on any atom is 0.192 e. The van der Waals surface area contributed by atoms with Crippen LogP contribution in [-0.2, 0) is 0 Å². The molecule has 1 saturated carbocycles. The molecule has 0 saturated heterocycles. The summed E-state index contributed by atoms with van der Waals surface area (Å²) in [6, 6.07) is 12.2. The maximum atomic E-state index is 13.1. The van der Waals surface area contributed by atoms with Crippen LogP contribution in [-0.4, -0.2) is 35.8 Å². The highest BCUT2D eigenvalue weighted by Crippen LogP contribution is 2.42. The number of benzene rings is 1. The second-order valence-corrected chi connectivity index (χ2v) is 8.33. The smallest absolute Gasteiger partial charge is 0.192 e. The highest BCUT2D eigenvalue weighted by atomic mass is 32.2. The molecule has 0 bridgehead atoms.